The van der Waals surface area contributed by atoms with Gasteiger partial charge in [0.25, 0.3) is 5.91 Å². The molecule has 2 aromatic rings. The lowest BCUT2D eigenvalue weighted by atomic mass is 10.0. The van der Waals surface area contributed by atoms with Crippen molar-refractivity contribution in [3.63, 3.8) is 0 Å². The molecule has 9 nitrogen and oxygen atoms in total. The van der Waals surface area contributed by atoms with Crippen LogP contribution in [0.25, 0.3) is 5.57 Å². The highest BCUT2D eigenvalue weighted by molar-refractivity contribution is 6.63. The zero-order valence-corrected chi connectivity index (χ0v) is 13.7. The number of likely N-dealkylation sites (N-methyl/N-ethyl adjacent to an activating group) is 1. The molecule has 2 amide bonds. The fourth-order valence-electron chi connectivity index (χ4n) is 1.85. The van der Waals surface area contributed by atoms with E-state index in [4.69, 9.17) is 17.0 Å². The fourth-order valence-corrected chi connectivity index (χ4v) is 2.14. The number of hydrogen-bond donors (Lipinski definition) is 3. The summed E-state index contributed by atoms with van der Waals surface area (Å²) in [6.45, 7) is 0. The van der Waals surface area contributed by atoms with Crippen molar-refractivity contribution >= 4 is 40.6 Å². The normalized spacial score (nSPS) is 11.6. The van der Waals surface area contributed by atoms with Gasteiger partial charge in [0.2, 0.25) is 5.95 Å². The van der Waals surface area contributed by atoms with Crippen LogP contribution in [-0.4, -0.2) is 44.8 Å². The molecule has 0 radical (unpaired) electrons. The number of rotatable bonds is 5. The average Bonchev–Trinajstić information content (AvgIpc) is 2.99. The molecule has 2 rings (SSSR count). The Kier molecular flexibility index (Phi) is 5.51. The average molecular weight is 349 g/mol. The van der Waals surface area contributed by atoms with Crippen LogP contribution in [-0.2, 0) is 16.6 Å². The molecule has 0 unspecified atom stereocenters. The van der Waals surface area contributed by atoms with Gasteiger partial charge in [-0.1, -0.05) is 47.0 Å². The molecule has 1 aromatic carbocycles. The van der Waals surface area contributed by atoms with E-state index in [-0.39, 0.29) is 22.5 Å². The van der Waals surface area contributed by atoms with Gasteiger partial charge < -0.3 is 0 Å². The van der Waals surface area contributed by atoms with Crippen molar-refractivity contribution < 1.29 is 14.9 Å². The summed E-state index contributed by atoms with van der Waals surface area (Å²) in [6, 6.07) is 8.61. The molecule has 1 aromatic heterocycles. The Morgan fingerprint density at radius 2 is 1.96 bits per heavy atom. The third-order valence-electron chi connectivity index (χ3n) is 3.08. The maximum atomic E-state index is 12.2. The zero-order valence-electron chi connectivity index (χ0n) is 12.9. The largest absolute Gasteiger partial charge is 0.344 e. The quantitative estimate of drug-likeness (QED) is 0.497. The molecule has 0 aliphatic rings. The van der Waals surface area contributed by atoms with Crippen molar-refractivity contribution in [2.45, 2.75) is 0 Å². The van der Waals surface area contributed by atoms with Gasteiger partial charge in [0.05, 0.1) is 12.1 Å². The van der Waals surface area contributed by atoms with Crippen molar-refractivity contribution in [3.8, 4) is 0 Å². The Bertz CT molecular complexity index is 814. The maximum Gasteiger partial charge on any atom is 0.344 e. The molecule has 1 heterocycles. The van der Waals surface area contributed by atoms with Crippen LogP contribution in [0.4, 0.5) is 5.95 Å². The number of carbonyl (C=O) groups is 2. The second-order valence-corrected chi connectivity index (χ2v) is 5.04. The first kappa shape index (κ1) is 17.4. The third kappa shape index (κ3) is 3.70. The monoisotopic (exact) mass is 348 g/mol. The van der Waals surface area contributed by atoms with Crippen LogP contribution in [0.2, 0.25) is 0 Å². The molecule has 124 valence electrons. The number of primary amides is 1. The Hall–Kier alpha value is -2.91. The van der Waals surface area contributed by atoms with Gasteiger partial charge >= 0.3 is 5.91 Å². The van der Waals surface area contributed by atoms with E-state index in [1.165, 1.54) is 17.0 Å². The van der Waals surface area contributed by atoms with E-state index in [2.05, 4.69) is 20.8 Å². The number of amides is 2. The van der Waals surface area contributed by atoms with Crippen LogP contribution in [0, 0.1) is 5.41 Å². The minimum Gasteiger partial charge on any atom is -0.294 e. The lowest BCUT2D eigenvalue weighted by Crippen LogP contribution is -2.84. The molecule has 0 atom stereocenters. The van der Waals surface area contributed by atoms with Gasteiger partial charge in [-0.15, -0.1) is 0 Å². The summed E-state index contributed by atoms with van der Waals surface area (Å²) >= 11 is 6.18. The van der Waals surface area contributed by atoms with Crippen LogP contribution >= 0.6 is 11.6 Å². The van der Waals surface area contributed by atoms with Gasteiger partial charge in [-0.05, 0) is 16.0 Å². The molecule has 24 heavy (non-hydrogen) atoms. The molecule has 0 bridgehead atoms. The third-order valence-corrected chi connectivity index (χ3v) is 3.46. The number of nitrogens with two attached hydrogens (primary N) is 1. The lowest BCUT2D eigenvalue weighted by Gasteiger charge is -2.09. The van der Waals surface area contributed by atoms with Crippen LogP contribution in [0.3, 0.4) is 0 Å². The van der Waals surface area contributed by atoms with Crippen LogP contribution in [0.15, 0.2) is 35.4 Å². The standard InChI is InChI=1S/C14H14ClN7O2/c1-17-12(23)9(8-6-4-3-5-7-8)10(15)11(16)13(24)18-14-19-20-21-22(14)2/h3-7,16H,1-2H3,(H,17,23)(H,18,19,21,24)/p+1/b10-9+,16-11?. The van der Waals surface area contributed by atoms with E-state index in [1.807, 2.05) is 0 Å². The smallest absolute Gasteiger partial charge is 0.294 e. The maximum absolute atomic E-state index is 12.2. The van der Waals surface area contributed by atoms with Gasteiger partial charge in [0.15, 0.2) is 0 Å². The van der Waals surface area contributed by atoms with Crippen LogP contribution in [0.5, 0.6) is 0 Å². The van der Waals surface area contributed by atoms with Crippen molar-refractivity contribution in [1.29, 1.82) is 5.41 Å². The summed E-state index contributed by atoms with van der Waals surface area (Å²) in [5, 5.41) is 21.9. The van der Waals surface area contributed by atoms with Crippen molar-refractivity contribution in [2.24, 2.45) is 7.05 Å². The van der Waals surface area contributed by atoms with Crippen molar-refractivity contribution in [3.05, 3.63) is 40.9 Å². The predicted octanol–water partition coefficient (Wildman–Crippen LogP) is -0.462. The number of nitrogens with zero attached hydrogens (tertiary/aromatic N) is 4. The summed E-state index contributed by atoms with van der Waals surface area (Å²) in [6.07, 6.45) is 0. The number of tetrazole rings is 1. The molecular weight excluding hydrogens is 334 g/mol. The molecule has 0 spiro atoms. The molecule has 0 saturated heterocycles. The Balaban J connectivity index is 2.36. The lowest BCUT2D eigenvalue weighted by molar-refractivity contribution is -0.532. The van der Waals surface area contributed by atoms with Gasteiger partial charge in [-0.3, -0.25) is 20.8 Å². The number of anilines is 1. The first-order valence-corrected chi connectivity index (χ1v) is 7.25. The van der Waals surface area contributed by atoms with E-state index >= 15 is 0 Å². The molecule has 0 aliphatic carbocycles. The fraction of sp³-hybridized carbons (Fsp3) is 0.143. The zero-order chi connectivity index (χ0) is 17.7. The van der Waals surface area contributed by atoms with Gasteiger partial charge in [-0.25, -0.2) is 9.48 Å². The van der Waals surface area contributed by atoms with Gasteiger partial charge in [-0.2, -0.15) is 0 Å². The summed E-state index contributed by atoms with van der Waals surface area (Å²) < 4.78 is 1.23. The number of nitrogens with one attached hydrogen (secondary N) is 2. The number of aryl methyl sites for hydroxylation is 1. The van der Waals surface area contributed by atoms with Gasteiger partial charge in [0.1, 0.15) is 11.3 Å². The number of aromatic nitrogens is 4. The first-order valence-electron chi connectivity index (χ1n) is 6.87. The van der Waals surface area contributed by atoms with E-state index < -0.39 is 11.6 Å². The van der Waals surface area contributed by atoms with Crippen molar-refractivity contribution in [2.75, 3.05) is 12.4 Å². The summed E-state index contributed by atoms with van der Waals surface area (Å²) in [4.78, 5) is 24.4. The van der Waals surface area contributed by atoms with Gasteiger partial charge in [0, 0.05) is 7.05 Å². The summed E-state index contributed by atoms with van der Waals surface area (Å²) in [5.74, 6) is -1.15. The first-order chi connectivity index (χ1) is 11.5. The van der Waals surface area contributed by atoms with Crippen LogP contribution in [0.1, 0.15) is 5.56 Å². The molecular formula is C14H15ClN7O2+. The Morgan fingerprint density at radius 3 is 2.50 bits per heavy atom. The minimum atomic E-state index is -0.824. The van der Waals surface area contributed by atoms with E-state index in [1.54, 1.807) is 37.4 Å². The van der Waals surface area contributed by atoms with E-state index in [0.29, 0.717) is 5.56 Å². The molecule has 4 N–H and O–H groups in total. The molecule has 10 heteroatoms. The predicted molar refractivity (Wildman–Crippen MR) is 87.2 cm³/mol. The number of halogens is 1. The summed E-state index contributed by atoms with van der Waals surface area (Å²) in [5.41, 5.74) is 0.0354. The number of carbonyl (C=O) groups excluding carboxylic acids is 2. The summed E-state index contributed by atoms with van der Waals surface area (Å²) in [7, 11) is 3.09. The molecule has 0 aliphatic heterocycles. The highest BCUT2D eigenvalue weighted by Gasteiger charge is 2.25. The highest BCUT2D eigenvalue weighted by Crippen LogP contribution is 2.22. The van der Waals surface area contributed by atoms with Crippen molar-refractivity contribution in [1.82, 2.24) is 20.2 Å². The second kappa shape index (κ2) is 7.57. The van der Waals surface area contributed by atoms with Crippen LogP contribution < -0.4 is 10.6 Å². The number of hydrogen-bond acceptors (Lipinski definition) is 6. The molecule has 0 saturated carbocycles. The number of benzene rings is 1. The van der Waals surface area contributed by atoms with E-state index in [0.717, 1.165) is 0 Å². The molecule has 0 fully saturated rings. The minimum absolute atomic E-state index is 0.0591. The Labute approximate surface area is 142 Å². The number of quaternary nitrogens is 1. The SMILES string of the molecule is C[NH2+]C(=O)/C(=C(/Cl)C(=N)C(=O)Nc1nnnn1C)c1ccccc1. The van der Waals surface area contributed by atoms with E-state index in [9.17, 15) is 9.59 Å². The highest BCUT2D eigenvalue weighted by atomic mass is 35.5. The topological polar surface area (TPSA) is 130 Å². The second-order valence-electron chi connectivity index (χ2n) is 4.66. The Morgan fingerprint density at radius 1 is 1.29 bits per heavy atom.